The zero-order valence-electron chi connectivity index (χ0n) is 8.32. The van der Waals surface area contributed by atoms with Crippen molar-refractivity contribution in [2.24, 2.45) is 5.16 Å². The van der Waals surface area contributed by atoms with Gasteiger partial charge in [-0.1, -0.05) is 5.16 Å². The number of aromatic amines is 1. The molecule has 5 nitrogen and oxygen atoms in total. The van der Waals surface area contributed by atoms with Gasteiger partial charge in [0, 0.05) is 23.6 Å². The molecule has 0 fully saturated rings. The molecule has 2 aromatic heterocycles. The number of oxime groups is 1. The average molecular weight is 202 g/mol. The van der Waals surface area contributed by atoms with E-state index >= 15 is 0 Å². The van der Waals surface area contributed by atoms with Crippen molar-refractivity contribution in [2.45, 2.75) is 13.3 Å². The largest absolute Gasteiger partial charge is 0.395 e. The minimum Gasteiger partial charge on any atom is -0.395 e. The van der Waals surface area contributed by atoms with Crippen molar-refractivity contribution in [3.8, 4) is 0 Å². The number of aryl methyl sites for hydroxylation is 1. The van der Waals surface area contributed by atoms with Gasteiger partial charge in [-0.3, -0.25) is 5.10 Å². The number of fused-ring (bicyclic) bond motifs is 1. The van der Waals surface area contributed by atoms with E-state index in [4.69, 9.17) is 4.84 Å². The van der Waals surface area contributed by atoms with Crippen LogP contribution in [0.4, 0.5) is 0 Å². The molecule has 0 amide bonds. The molecule has 1 N–H and O–H groups in total. The third kappa shape index (κ3) is 1.20. The van der Waals surface area contributed by atoms with E-state index in [1.165, 1.54) is 0 Å². The molecule has 1 aliphatic rings. The van der Waals surface area contributed by atoms with Gasteiger partial charge in [-0.2, -0.15) is 5.10 Å². The molecule has 76 valence electrons. The number of aromatic nitrogens is 3. The molecule has 0 atom stereocenters. The zero-order chi connectivity index (χ0) is 10.3. The summed E-state index contributed by atoms with van der Waals surface area (Å²) < 4.78 is 0. The highest BCUT2D eigenvalue weighted by atomic mass is 16.6. The molecule has 1 aliphatic heterocycles. The second-order valence-corrected chi connectivity index (χ2v) is 3.55. The van der Waals surface area contributed by atoms with E-state index in [0.717, 1.165) is 34.3 Å². The standard InChI is InChI=1S/C10H10N4O/c1-6-7(9-2-3-15-14-9)4-11-10-8(6)5-12-13-10/h4-5H,2-3H2,1H3,(H,11,12,13). The van der Waals surface area contributed by atoms with Crippen LogP contribution in [0.25, 0.3) is 11.0 Å². The molecule has 0 unspecified atom stereocenters. The first-order valence-corrected chi connectivity index (χ1v) is 4.84. The summed E-state index contributed by atoms with van der Waals surface area (Å²) in [6.45, 7) is 2.72. The highest BCUT2D eigenvalue weighted by Crippen LogP contribution is 2.20. The number of pyridine rings is 1. The van der Waals surface area contributed by atoms with Crippen LogP contribution in [0.3, 0.4) is 0 Å². The van der Waals surface area contributed by atoms with Crippen molar-refractivity contribution < 1.29 is 4.84 Å². The third-order valence-corrected chi connectivity index (χ3v) is 2.67. The molecule has 0 spiro atoms. The van der Waals surface area contributed by atoms with Gasteiger partial charge in [0.15, 0.2) is 5.65 Å². The number of nitrogens with one attached hydrogen (secondary N) is 1. The van der Waals surface area contributed by atoms with E-state index in [-0.39, 0.29) is 0 Å². The maximum Gasteiger partial charge on any atom is 0.155 e. The van der Waals surface area contributed by atoms with Crippen molar-refractivity contribution in [3.05, 3.63) is 23.5 Å². The number of hydrogen-bond acceptors (Lipinski definition) is 4. The summed E-state index contributed by atoms with van der Waals surface area (Å²) in [5.74, 6) is 0. The highest BCUT2D eigenvalue weighted by molar-refractivity contribution is 6.04. The number of H-pyrrole nitrogens is 1. The Kier molecular flexibility index (Phi) is 1.71. The Morgan fingerprint density at radius 3 is 3.13 bits per heavy atom. The monoisotopic (exact) mass is 202 g/mol. The minimum atomic E-state index is 0.665. The van der Waals surface area contributed by atoms with Gasteiger partial charge in [0.1, 0.15) is 6.61 Å². The van der Waals surface area contributed by atoms with E-state index in [1.807, 2.05) is 6.20 Å². The zero-order valence-corrected chi connectivity index (χ0v) is 8.32. The van der Waals surface area contributed by atoms with Crippen LogP contribution in [0.1, 0.15) is 17.5 Å². The normalized spacial score (nSPS) is 15.4. The van der Waals surface area contributed by atoms with Gasteiger partial charge in [-0.25, -0.2) is 4.98 Å². The topological polar surface area (TPSA) is 63.2 Å². The van der Waals surface area contributed by atoms with Gasteiger partial charge in [0.2, 0.25) is 0 Å². The van der Waals surface area contributed by atoms with Crippen LogP contribution < -0.4 is 0 Å². The van der Waals surface area contributed by atoms with Crippen LogP contribution in [-0.2, 0) is 4.84 Å². The van der Waals surface area contributed by atoms with E-state index in [9.17, 15) is 0 Å². The average Bonchev–Trinajstić information content (AvgIpc) is 2.87. The summed E-state index contributed by atoms with van der Waals surface area (Å²) in [5.41, 5.74) is 4.00. The first-order valence-electron chi connectivity index (χ1n) is 4.84. The number of nitrogens with zero attached hydrogens (tertiary/aromatic N) is 3. The molecule has 3 heterocycles. The molecule has 0 saturated carbocycles. The summed E-state index contributed by atoms with van der Waals surface area (Å²) >= 11 is 0. The Hall–Kier alpha value is -1.91. The highest BCUT2D eigenvalue weighted by Gasteiger charge is 2.15. The summed E-state index contributed by atoms with van der Waals surface area (Å²) in [4.78, 5) is 9.29. The second-order valence-electron chi connectivity index (χ2n) is 3.55. The predicted octanol–water partition coefficient (Wildman–Crippen LogP) is 1.39. The maximum absolute atomic E-state index is 5.00. The van der Waals surface area contributed by atoms with Gasteiger partial charge >= 0.3 is 0 Å². The van der Waals surface area contributed by atoms with Crippen molar-refractivity contribution >= 4 is 16.7 Å². The summed E-state index contributed by atoms with van der Waals surface area (Å²) in [6, 6.07) is 0. The van der Waals surface area contributed by atoms with Crippen molar-refractivity contribution in [2.75, 3.05) is 6.61 Å². The van der Waals surface area contributed by atoms with Crippen molar-refractivity contribution in [3.63, 3.8) is 0 Å². The Labute approximate surface area is 86.1 Å². The van der Waals surface area contributed by atoms with Crippen LogP contribution in [-0.4, -0.2) is 27.5 Å². The van der Waals surface area contributed by atoms with E-state index in [0.29, 0.717) is 6.61 Å². The quantitative estimate of drug-likeness (QED) is 0.760. The van der Waals surface area contributed by atoms with Crippen molar-refractivity contribution in [1.29, 1.82) is 0 Å². The lowest BCUT2D eigenvalue weighted by Gasteiger charge is -2.03. The lowest BCUT2D eigenvalue weighted by atomic mass is 10.0. The first kappa shape index (κ1) is 8.40. The molecule has 0 bridgehead atoms. The van der Waals surface area contributed by atoms with Crippen molar-refractivity contribution in [1.82, 2.24) is 15.2 Å². The fraction of sp³-hybridized carbons (Fsp3) is 0.300. The third-order valence-electron chi connectivity index (χ3n) is 2.67. The summed E-state index contributed by atoms with van der Waals surface area (Å²) in [6.07, 6.45) is 4.47. The molecule has 0 aliphatic carbocycles. The van der Waals surface area contributed by atoms with Gasteiger partial charge < -0.3 is 4.84 Å². The van der Waals surface area contributed by atoms with E-state index < -0.39 is 0 Å². The molecular weight excluding hydrogens is 192 g/mol. The Bertz CT molecular complexity index is 543. The van der Waals surface area contributed by atoms with Gasteiger partial charge in [-0.05, 0) is 12.5 Å². The molecule has 0 radical (unpaired) electrons. The maximum atomic E-state index is 5.00. The fourth-order valence-electron chi connectivity index (χ4n) is 1.81. The predicted molar refractivity (Wildman–Crippen MR) is 55.7 cm³/mol. The molecule has 15 heavy (non-hydrogen) atoms. The smallest absolute Gasteiger partial charge is 0.155 e. The Balaban J connectivity index is 2.22. The lowest BCUT2D eigenvalue weighted by Crippen LogP contribution is -2.01. The first-order chi connectivity index (χ1) is 7.36. The van der Waals surface area contributed by atoms with Crippen LogP contribution in [0, 0.1) is 6.92 Å². The second kappa shape index (κ2) is 3.05. The van der Waals surface area contributed by atoms with Gasteiger partial charge in [0.25, 0.3) is 0 Å². The van der Waals surface area contributed by atoms with Crippen LogP contribution in [0.2, 0.25) is 0 Å². The van der Waals surface area contributed by atoms with E-state index in [2.05, 4.69) is 27.3 Å². The Morgan fingerprint density at radius 2 is 2.33 bits per heavy atom. The fourth-order valence-corrected chi connectivity index (χ4v) is 1.81. The molecule has 0 aromatic carbocycles. The molecule has 0 saturated heterocycles. The lowest BCUT2D eigenvalue weighted by molar-refractivity contribution is 0.174. The summed E-state index contributed by atoms with van der Waals surface area (Å²) in [5, 5.41) is 11.9. The number of rotatable bonds is 1. The summed E-state index contributed by atoms with van der Waals surface area (Å²) in [7, 11) is 0. The molecular formula is C10H10N4O. The van der Waals surface area contributed by atoms with Gasteiger partial charge in [0.05, 0.1) is 11.9 Å². The number of hydrogen-bond donors (Lipinski definition) is 1. The molecule has 5 heteroatoms. The SMILES string of the molecule is Cc1c(C2=NOCC2)cnc2[nH]ncc12. The molecule has 2 aromatic rings. The minimum absolute atomic E-state index is 0.665. The van der Waals surface area contributed by atoms with Crippen LogP contribution in [0.5, 0.6) is 0 Å². The van der Waals surface area contributed by atoms with E-state index in [1.54, 1.807) is 6.20 Å². The van der Waals surface area contributed by atoms with Crippen LogP contribution >= 0.6 is 0 Å². The Morgan fingerprint density at radius 1 is 1.40 bits per heavy atom. The molecule has 3 rings (SSSR count). The van der Waals surface area contributed by atoms with Gasteiger partial charge in [-0.15, -0.1) is 0 Å². The van der Waals surface area contributed by atoms with Crippen LogP contribution in [0.15, 0.2) is 17.5 Å².